The van der Waals surface area contributed by atoms with Crippen molar-refractivity contribution >= 4 is 5.97 Å². The molecule has 1 aliphatic rings. The van der Waals surface area contributed by atoms with Crippen LogP contribution in [0.5, 0.6) is 0 Å². The highest BCUT2D eigenvalue weighted by Gasteiger charge is 2.19. The molecule has 1 saturated heterocycles. The van der Waals surface area contributed by atoms with Gasteiger partial charge in [0.25, 0.3) is 0 Å². The second-order valence-corrected chi connectivity index (χ2v) is 4.01. The largest absolute Gasteiger partial charge is 0.467 e. The summed E-state index contributed by atoms with van der Waals surface area (Å²) in [6, 6.07) is 0. The van der Waals surface area contributed by atoms with Gasteiger partial charge in [0.1, 0.15) is 6.61 Å². The van der Waals surface area contributed by atoms with E-state index < -0.39 is 0 Å². The highest BCUT2D eigenvalue weighted by molar-refractivity contribution is 5.70. The third-order valence-electron chi connectivity index (χ3n) is 2.83. The van der Waals surface area contributed by atoms with Crippen molar-refractivity contribution in [3.05, 3.63) is 0 Å². The molecule has 0 unspecified atom stereocenters. The Morgan fingerprint density at radius 1 is 1.44 bits per heavy atom. The van der Waals surface area contributed by atoms with Crippen molar-refractivity contribution in [1.29, 1.82) is 0 Å². The molecular formula is C11H21NO4. The molecule has 0 aliphatic carbocycles. The van der Waals surface area contributed by atoms with E-state index >= 15 is 0 Å². The molecule has 1 fully saturated rings. The number of carbonyl (C=O) groups is 1. The third kappa shape index (κ3) is 4.92. The van der Waals surface area contributed by atoms with Crippen LogP contribution in [0.3, 0.4) is 0 Å². The van der Waals surface area contributed by atoms with E-state index in [1.54, 1.807) is 0 Å². The van der Waals surface area contributed by atoms with Crippen LogP contribution >= 0.6 is 0 Å². The molecule has 0 radical (unpaired) electrons. The van der Waals surface area contributed by atoms with Gasteiger partial charge in [-0.1, -0.05) is 0 Å². The first-order chi connectivity index (χ1) is 7.76. The van der Waals surface area contributed by atoms with Gasteiger partial charge in [0.15, 0.2) is 0 Å². The van der Waals surface area contributed by atoms with E-state index in [0.717, 1.165) is 38.9 Å². The van der Waals surface area contributed by atoms with Gasteiger partial charge >= 0.3 is 5.97 Å². The molecule has 0 spiro atoms. The standard InChI is InChI=1S/C11H21NO4/c1-15-11(14)9-16-10-3-6-12(7-4-10)5-2-8-13/h10,13H,2-9H2,1H3. The van der Waals surface area contributed by atoms with Gasteiger partial charge in [-0.2, -0.15) is 0 Å². The molecule has 5 heteroatoms. The SMILES string of the molecule is COC(=O)COC1CCN(CCCO)CC1. The van der Waals surface area contributed by atoms with E-state index in [0.29, 0.717) is 0 Å². The number of aliphatic hydroxyl groups excluding tert-OH is 1. The fourth-order valence-electron chi connectivity index (χ4n) is 1.84. The van der Waals surface area contributed by atoms with Gasteiger partial charge in [0.2, 0.25) is 0 Å². The van der Waals surface area contributed by atoms with Gasteiger partial charge in [0.05, 0.1) is 13.2 Å². The number of likely N-dealkylation sites (tertiary alicyclic amines) is 1. The van der Waals surface area contributed by atoms with Crippen molar-refractivity contribution in [3.8, 4) is 0 Å². The van der Waals surface area contributed by atoms with E-state index in [2.05, 4.69) is 9.64 Å². The second kappa shape index (κ2) is 7.60. The normalized spacial score (nSPS) is 18.6. The number of methoxy groups -OCH3 is 1. The molecule has 0 aromatic rings. The Morgan fingerprint density at radius 3 is 2.69 bits per heavy atom. The molecule has 1 N–H and O–H groups in total. The van der Waals surface area contributed by atoms with Crippen LogP contribution in [0.4, 0.5) is 0 Å². The van der Waals surface area contributed by atoms with Crippen LogP contribution in [0.25, 0.3) is 0 Å². The van der Waals surface area contributed by atoms with Gasteiger partial charge in [0, 0.05) is 26.2 Å². The Morgan fingerprint density at radius 2 is 2.12 bits per heavy atom. The molecule has 16 heavy (non-hydrogen) atoms. The minimum atomic E-state index is -0.317. The van der Waals surface area contributed by atoms with Crippen molar-refractivity contribution in [3.63, 3.8) is 0 Å². The molecule has 5 nitrogen and oxygen atoms in total. The Hall–Kier alpha value is -0.650. The molecule has 0 amide bonds. The lowest BCUT2D eigenvalue weighted by molar-refractivity contribution is -0.148. The second-order valence-electron chi connectivity index (χ2n) is 4.01. The first-order valence-corrected chi connectivity index (χ1v) is 5.78. The Bertz CT molecular complexity index is 202. The predicted octanol–water partition coefficient (Wildman–Crippen LogP) is 0.0228. The maximum atomic E-state index is 10.9. The smallest absolute Gasteiger partial charge is 0.331 e. The van der Waals surface area contributed by atoms with E-state index in [1.165, 1.54) is 7.11 Å². The molecule has 1 heterocycles. The number of rotatable bonds is 6. The number of esters is 1. The summed E-state index contributed by atoms with van der Waals surface area (Å²) in [5.41, 5.74) is 0. The van der Waals surface area contributed by atoms with Gasteiger partial charge in [-0.3, -0.25) is 0 Å². The third-order valence-corrected chi connectivity index (χ3v) is 2.83. The van der Waals surface area contributed by atoms with Crippen LogP contribution in [0, 0.1) is 0 Å². The summed E-state index contributed by atoms with van der Waals surface area (Å²) in [6.07, 6.45) is 2.89. The van der Waals surface area contributed by atoms with E-state index in [9.17, 15) is 4.79 Å². The lowest BCUT2D eigenvalue weighted by Crippen LogP contribution is -2.38. The number of piperidine rings is 1. The number of ether oxygens (including phenoxy) is 2. The monoisotopic (exact) mass is 231 g/mol. The zero-order chi connectivity index (χ0) is 11.8. The summed E-state index contributed by atoms with van der Waals surface area (Å²) in [7, 11) is 1.36. The predicted molar refractivity (Wildman–Crippen MR) is 59.1 cm³/mol. The Balaban J connectivity index is 2.09. The van der Waals surface area contributed by atoms with Crippen molar-refractivity contribution in [2.24, 2.45) is 0 Å². The van der Waals surface area contributed by atoms with Crippen molar-refractivity contribution in [2.75, 3.05) is 40.0 Å². The number of nitrogens with zero attached hydrogens (tertiary/aromatic N) is 1. The fraction of sp³-hybridized carbons (Fsp3) is 0.909. The minimum Gasteiger partial charge on any atom is -0.467 e. The average molecular weight is 231 g/mol. The number of aliphatic hydroxyl groups is 1. The summed E-state index contributed by atoms with van der Waals surface area (Å²) >= 11 is 0. The first kappa shape index (κ1) is 13.4. The Kier molecular flexibility index (Phi) is 6.37. The van der Waals surface area contributed by atoms with Crippen molar-refractivity contribution in [1.82, 2.24) is 4.90 Å². The summed E-state index contributed by atoms with van der Waals surface area (Å²) in [5, 5.41) is 8.72. The topological polar surface area (TPSA) is 59.0 Å². The lowest BCUT2D eigenvalue weighted by atomic mass is 10.1. The zero-order valence-electron chi connectivity index (χ0n) is 9.85. The van der Waals surface area contributed by atoms with E-state index in [-0.39, 0.29) is 25.3 Å². The average Bonchev–Trinajstić information content (AvgIpc) is 2.34. The van der Waals surface area contributed by atoms with Crippen LogP contribution in [0.2, 0.25) is 0 Å². The van der Waals surface area contributed by atoms with Gasteiger partial charge in [-0.05, 0) is 19.3 Å². The highest BCUT2D eigenvalue weighted by atomic mass is 16.6. The molecule has 0 aromatic heterocycles. The first-order valence-electron chi connectivity index (χ1n) is 5.78. The molecule has 94 valence electrons. The summed E-state index contributed by atoms with van der Waals surface area (Å²) in [5.74, 6) is -0.317. The molecule has 1 rings (SSSR count). The number of carbonyl (C=O) groups excluding carboxylic acids is 1. The van der Waals surface area contributed by atoms with Gasteiger partial charge < -0.3 is 19.5 Å². The van der Waals surface area contributed by atoms with Crippen LogP contribution in [-0.2, 0) is 14.3 Å². The number of hydrogen-bond acceptors (Lipinski definition) is 5. The van der Waals surface area contributed by atoms with Crippen LogP contribution < -0.4 is 0 Å². The highest BCUT2D eigenvalue weighted by Crippen LogP contribution is 2.13. The maximum Gasteiger partial charge on any atom is 0.331 e. The van der Waals surface area contributed by atoms with Gasteiger partial charge in [-0.25, -0.2) is 4.79 Å². The Labute approximate surface area is 96.3 Å². The fourth-order valence-corrected chi connectivity index (χ4v) is 1.84. The molecule has 1 aliphatic heterocycles. The summed E-state index contributed by atoms with van der Waals surface area (Å²) < 4.78 is 9.95. The summed E-state index contributed by atoms with van der Waals surface area (Å²) in [4.78, 5) is 13.2. The lowest BCUT2D eigenvalue weighted by Gasteiger charge is -2.31. The van der Waals surface area contributed by atoms with Crippen LogP contribution in [0.15, 0.2) is 0 Å². The molecule has 0 saturated carbocycles. The van der Waals surface area contributed by atoms with Gasteiger partial charge in [-0.15, -0.1) is 0 Å². The molecule has 0 aromatic carbocycles. The zero-order valence-corrected chi connectivity index (χ0v) is 9.85. The molecular weight excluding hydrogens is 210 g/mol. The van der Waals surface area contributed by atoms with E-state index in [4.69, 9.17) is 9.84 Å². The molecule has 0 bridgehead atoms. The van der Waals surface area contributed by atoms with Crippen LogP contribution in [-0.4, -0.2) is 62.0 Å². The van der Waals surface area contributed by atoms with E-state index in [1.807, 2.05) is 0 Å². The minimum absolute atomic E-state index is 0.0534. The van der Waals surface area contributed by atoms with Crippen molar-refractivity contribution < 1.29 is 19.4 Å². The number of hydrogen-bond donors (Lipinski definition) is 1. The quantitative estimate of drug-likeness (QED) is 0.653. The maximum absolute atomic E-state index is 10.9. The van der Waals surface area contributed by atoms with Crippen molar-refractivity contribution in [2.45, 2.75) is 25.4 Å². The molecule has 0 atom stereocenters. The van der Waals surface area contributed by atoms with Crippen LogP contribution in [0.1, 0.15) is 19.3 Å². The summed E-state index contributed by atoms with van der Waals surface area (Å²) in [6.45, 7) is 3.20.